The Morgan fingerprint density at radius 1 is 1.10 bits per heavy atom. The lowest BCUT2D eigenvalue weighted by Gasteiger charge is -2.16. The van der Waals surface area contributed by atoms with Crippen molar-refractivity contribution in [2.45, 2.75) is 33.4 Å². The third-order valence-electron chi connectivity index (χ3n) is 4.95. The van der Waals surface area contributed by atoms with Crippen LogP contribution in [0.25, 0.3) is 10.8 Å². The molecule has 4 aromatic rings. The molecule has 5 nitrogen and oxygen atoms in total. The average molecular weight is 405 g/mol. The Labute approximate surface area is 175 Å². The van der Waals surface area contributed by atoms with Crippen molar-refractivity contribution in [2.24, 2.45) is 0 Å². The molecule has 0 bridgehead atoms. The lowest BCUT2D eigenvalue weighted by molar-refractivity contribution is 0.303. The van der Waals surface area contributed by atoms with Crippen LogP contribution in [0.2, 0.25) is 0 Å². The van der Waals surface area contributed by atoms with Crippen LogP contribution in [0.15, 0.2) is 60.7 Å². The highest BCUT2D eigenvalue weighted by Crippen LogP contribution is 2.29. The third kappa shape index (κ3) is 4.17. The van der Waals surface area contributed by atoms with Crippen LogP contribution in [0, 0.1) is 11.7 Å². The van der Waals surface area contributed by atoms with Gasteiger partial charge in [0.05, 0.1) is 6.54 Å². The first kappa shape index (κ1) is 19.2. The van der Waals surface area contributed by atoms with Crippen LogP contribution in [0.4, 0.5) is 0 Å². The molecule has 0 aliphatic heterocycles. The molecule has 0 aliphatic carbocycles. The molecule has 2 N–H and O–H groups in total. The minimum atomic E-state index is 0.526. The van der Waals surface area contributed by atoms with E-state index in [2.05, 4.69) is 78.0 Å². The van der Waals surface area contributed by atoms with Crippen LogP contribution in [-0.4, -0.2) is 14.9 Å². The summed E-state index contributed by atoms with van der Waals surface area (Å²) in [7, 11) is 0. The average Bonchev–Trinajstić information content (AvgIpc) is 3.10. The van der Waals surface area contributed by atoms with Crippen molar-refractivity contribution >= 4 is 23.0 Å². The van der Waals surface area contributed by atoms with Gasteiger partial charge >= 0.3 is 0 Å². The smallest absolute Gasteiger partial charge is 0.214 e. The predicted molar refractivity (Wildman–Crippen MR) is 119 cm³/mol. The number of nitrogens with one attached hydrogen (secondary N) is 2. The van der Waals surface area contributed by atoms with Crippen molar-refractivity contribution in [1.82, 2.24) is 14.9 Å². The second-order valence-electron chi connectivity index (χ2n) is 7.01. The number of nitrogens with zero attached hydrogens (tertiary/aromatic N) is 2. The van der Waals surface area contributed by atoms with E-state index >= 15 is 0 Å². The van der Waals surface area contributed by atoms with Crippen LogP contribution in [0.3, 0.4) is 0 Å². The highest BCUT2D eigenvalue weighted by Gasteiger charge is 2.11. The molecule has 1 heterocycles. The number of aromatic nitrogens is 3. The summed E-state index contributed by atoms with van der Waals surface area (Å²) in [6, 6.07) is 20.9. The van der Waals surface area contributed by atoms with Crippen LogP contribution >= 0.6 is 12.2 Å². The van der Waals surface area contributed by atoms with Crippen molar-refractivity contribution in [3.05, 3.63) is 87.9 Å². The molecule has 29 heavy (non-hydrogen) atoms. The maximum Gasteiger partial charge on any atom is 0.214 e. The Morgan fingerprint density at radius 3 is 2.79 bits per heavy atom. The molecule has 0 fully saturated rings. The van der Waals surface area contributed by atoms with Gasteiger partial charge in [-0.25, -0.2) is 4.68 Å². The molecule has 0 aliphatic rings. The number of aryl methyl sites for hydroxylation is 2. The number of benzene rings is 3. The van der Waals surface area contributed by atoms with Crippen LogP contribution in [-0.2, 0) is 19.6 Å². The molecule has 1 aromatic heterocycles. The van der Waals surface area contributed by atoms with Crippen LogP contribution in [0.5, 0.6) is 5.75 Å². The molecule has 0 saturated heterocycles. The van der Waals surface area contributed by atoms with E-state index < -0.39 is 0 Å². The van der Waals surface area contributed by atoms with E-state index in [-0.39, 0.29) is 0 Å². The summed E-state index contributed by atoms with van der Waals surface area (Å²) < 4.78 is 8.64. The molecule has 0 unspecified atom stereocenters. The Balaban J connectivity index is 1.65. The number of H-pyrrole nitrogens is 1. The molecule has 0 radical (unpaired) electrons. The standard InChI is InChI=1S/C23H24N4OS/c1-3-22-25-26-23(29)27(22)24-14-20-19-10-5-4-9-18(19)11-12-21(20)28-15-17-8-6-7-16(2)13-17/h4-13,24H,3,14-15H2,1-2H3,(H,26,29). The zero-order chi connectivity index (χ0) is 20.2. The van der Waals surface area contributed by atoms with Gasteiger partial charge in [-0.2, -0.15) is 5.10 Å². The zero-order valence-electron chi connectivity index (χ0n) is 16.6. The van der Waals surface area contributed by atoms with Crippen LogP contribution in [0.1, 0.15) is 29.4 Å². The number of aromatic amines is 1. The van der Waals surface area contributed by atoms with Gasteiger partial charge in [0.15, 0.2) is 5.82 Å². The minimum absolute atomic E-state index is 0.526. The summed E-state index contributed by atoms with van der Waals surface area (Å²) in [5.41, 5.74) is 6.89. The maximum atomic E-state index is 6.24. The topological polar surface area (TPSA) is 54.9 Å². The predicted octanol–water partition coefficient (Wildman–Crippen LogP) is 5.29. The van der Waals surface area contributed by atoms with Crippen molar-refractivity contribution in [1.29, 1.82) is 0 Å². The zero-order valence-corrected chi connectivity index (χ0v) is 17.4. The molecular weight excluding hydrogens is 380 g/mol. The van der Waals surface area contributed by atoms with Crippen molar-refractivity contribution < 1.29 is 4.74 Å². The summed E-state index contributed by atoms with van der Waals surface area (Å²) in [6.45, 7) is 5.25. The molecule has 148 valence electrons. The van der Waals surface area contributed by atoms with Crippen molar-refractivity contribution in [3.63, 3.8) is 0 Å². The maximum absolute atomic E-state index is 6.24. The van der Waals surface area contributed by atoms with E-state index in [4.69, 9.17) is 17.0 Å². The second kappa shape index (κ2) is 8.49. The van der Waals surface area contributed by atoms with Gasteiger partial charge in [-0.15, -0.1) is 0 Å². The van der Waals surface area contributed by atoms with Crippen LogP contribution < -0.4 is 10.2 Å². The first-order valence-corrected chi connectivity index (χ1v) is 10.2. The molecule has 0 atom stereocenters. The highest BCUT2D eigenvalue weighted by atomic mass is 32.1. The van der Waals surface area contributed by atoms with E-state index in [0.29, 0.717) is 17.9 Å². The summed E-state index contributed by atoms with van der Waals surface area (Å²) >= 11 is 5.36. The Hall–Kier alpha value is -3.12. The fraction of sp³-hybridized carbons (Fsp3) is 0.217. The van der Waals surface area contributed by atoms with Gasteiger partial charge < -0.3 is 10.2 Å². The Bertz CT molecular complexity index is 1190. The molecule has 4 rings (SSSR count). The van der Waals surface area contributed by atoms with Gasteiger partial charge in [0.25, 0.3) is 0 Å². The highest BCUT2D eigenvalue weighted by molar-refractivity contribution is 7.71. The van der Waals surface area contributed by atoms with E-state index in [0.717, 1.165) is 34.5 Å². The molecule has 6 heteroatoms. The van der Waals surface area contributed by atoms with E-state index in [1.165, 1.54) is 10.9 Å². The van der Waals surface area contributed by atoms with Gasteiger partial charge in [0.1, 0.15) is 12.4 Å². The fourth-order valence-electron chi connectivity index (χ4n) is 3.48. The minimum Gasteiger partial charge on any atom is -0.489 e. The summed E-state index contributed by atoms with van der Waals surface area (Å²) in [6.07, 6.45) is 0.784. The number of hydrogen-bond donors (Lipinski definition) is 2. The molecule has 0 saturated carbocycles. The van der Waals surface area contributed by atoms with E-state index in [1.807, 2.05) is 16.8 Å². The summed E-state index contributed by atoms with van der Waals surface area (Å²) in [5.74, 6) is 1.74. The first-order chi connectivity index (χ1) is 14.2. The Morgan fingerprint density at radius 2 is 1.97 bits per heavy atom. The third-order valence-corrected chi connectivity index (χ3v) is 5.22. The Kier molecular flexibility index (Phi) is 5.62. The lowest BCUT2D eigenvalue weighted by atomic mass is 10.0. The molecular formula is C23H24N4OS. The number of fused-ring (bicyclic) bond motifs is 1. The largest absolute Gasteiger partial charge is 0.489 e. The van der Waals surface area contributed by atoms with E-state index in [9.17, 15) is 0 Å². The summed E-state index contributed by atoms with van der Waals surface area (Å²) in [5, 5.41) is 9.46. The normalized spacial score (nSPS) is 11.0. The number of rotatable bonds is 7. The van der Waals surface area contributed by atoms with Gasteiger partial charge in [0.2, 0.25) is 4.77 Å². The fourth-order valence-corrected chi connectivity index (χ4v) is 3.70. The molecule has 3 aromatic carbocycles. The van der Waals surface area contributed by atoms with Crippen molar-refractivity contribution in [3.8, 4) is 5.75 Å². The number of hydrogen-bond acceptors (Lipinski definition) is 4. The van der Waals surface area contributed by atoms with Gasteiger partial charge in [-0.1, -0.05) is 67.1 Å². The van der Waals surface area contributed by atoms with Gasteiger partial charge in [0, 0.05) is 12.0 Å². The lowest BCUT2D eigenvalue weighted by Crippen LogP contribution is -2.18. The van der Waals surface area contributed by atoms with Crippen molar-refractivity contribution in [2.75, 3.05) is 5.43 Å². The quantitative estimate of drug-likeness (QED) is 0.411. The van der Waals surface area contributed by atoms with Gasteiger partial charge in [-0.05, 0) is 41.5 Å². The monoisotopic (exact) mass is 404 g/mol. The second-order valence-corrected chi connectivity index (χ2v) is 7.40. The SMILES string of the molecule is CCc1n[nH]c(=S)n1NCc1c(OCc2cccc(C)c2)ccc2ccccc12. The summed E-state index contributed by atoms with van der Waals surface area (Å²) in [4.78, 5) is 0. The number of ether oxygens (including phenoxy) is 1. The molecule has 0 amide bonds. The van der Waals surface area contributed by atoms with Gasteiger partial charge in [-0.3, -0.25) is 5.10 Å². The van der Waals surface area contributed by atoms with E-state index in [1.54, 1.807) is 0 Å². The molecule has 0 spiro atoms. The first-order valence-electron chi connectivity index (χ1n) is 9.75.